The zero-order valence-corrected chi connectivity index (χ0v) is 14.3. The van der Waals surface area contributed by atoms with E-state index in [4.69, 9.17) is 4.74 Å². The monoisotopic (exact) mass is 320 g/mol. The van der Waals surface area contributed by atoms with E-state index in [1.807, 2.05) is 61.0 Å². The van der Waals surface area contributed by atoms with Crippen molar-refractivity contribution in [3.8, 4) is 0 Å². The number of aliphatic hydroxyl groups is 1. The Morgan fingerprint density at radius 2 is 1.91 bits per heavy atom. The van der Waals surface area contributed by atoms with E-state index in [0.717, 1.165) is 5.56 Å². The number of carbonyl (C=O) groups is 1. The summed E-state index contributed by atoms with van der Waals surface area (Å²) in [5.74, 6) is 0.119. The minimum Gasteiger partial charge on any atom is -0.396 e. The Hall–Kier alpha value is -1.43. The minimum absolute atomic E-state index is 0.0426. The lowest BCUT2D eigenvalue weighted by Crippen LogP contribution is -2.51. The maximum Gasteiger partial charge on any atom is 0.236 e. The van der Waals surface area contributed by atoms with E-state index in [1.165, 1.54) is 0 Å². The van der Waals surface area contributed by atoms with Crippen molar-refractivity contribution in [2.24, 2.45) is 0 Å². The molecule has 0 aliphatic carbocycles. The lowest BCUT2D eigenvalue weighted by Gasteiger charge is -2.37. The molecule has 1 aliphatic rings. The van der Waals surface area contributed by atoms with Crippen LogP contribution in [0.2, 0.25) is 0 Å². The van der Waals surface area contributed by atoms with Gasteiger partial charge in [-0.2, -0.15) is 0 Å². The number of carbonyl (C=O) groups excluding carboxylic acids is 1. The van der Waals surface area contributed by atoms with Gasteiger partial charge < -0.3 is 14.7 Å². The van der Waals surface area contributed by atoms with Crippen molar-refractivity contribution < 1.29 is 14.6 Å². The molecule has 1 saturated heterocycles. The molecule has 3 atom stereocenters. The molecule has 0 radical (unpaired) electrons. The molecule has 1 heterocycles. The summed E-state index contributed by atoms with van der Waals surface area (Å²) in [5.41, 5.74) is 1.13. The average Bonchev–Trinajstić information content (AvgIpc) is 2.52. The third-order valence-corrected chi connectivity index (χ3v) is 4.28. The molecule has 1 aromatic rings. The highest BCUT2D eigenvalue weighted by molar-refractivity contribution is 5.78. The number of hydrogen-bond donors (Lipinski definition) is 1. The lowest BCUT2D eigenvalue weighted by atomic mass is 10.0. The van der Waals surface area contributed by atoms with Gasteiger partial charge >= 0.3 is 0 Å². The standard InChI is InChI=1S/C18H28N2O3/c1-14-11-20(12-15(2)23-14)18(22)13-19(3)17(9-10-21)16-7-5-4-6-8-16/h4-8,14-15,17,21H,9-13H2,1-3H3/t14-,15+,17-/m1/s1. The van der Waals surface area contributed by atoms with E-state index in [2.05, 4.69) is 0 Å². The van der Waals surface area contributed by atoms with Crippen molar-refractivity contribution in [2.75, 3.05) is 33.3 Å². The van der Waals surface area contributed by atoms with Crippen molar-refractivity contribution >= 4 is 5.91 Å². The van der Waals surface area contributed by atoms with E-state index in [9.17, 15) is 9.90 Å². The first-order chi connectivity index (χ1) is 11.0. The number of ether oxygens (including phenoxy) is 1. The molecule has 0 aromatic heterocycles. The molecular formula is C18H28N2O3. The highest BCUT2D eigenvalue weighted by Gasteiger charge is 2.27. The molecule has 1 amide bonds. The predicted molar refractivity (Wildman–Crippen MR) is 90.1 cm³/mol. The van der Waals surface area contributed by atoms with Crippen molar-refractivity contribution in [3.63, 3.8) is 0 Å². The second-order valence-corrected chi connectivity index (χ2v) is 6.41. The van der Waals surface area contributed by atoms with Crippen molar-refractivity contribution in [1.29, 1.82) is 0 Å². The molecule has 5 nitrogen and oxygen atoms in total. The highest BCUT2D eigenvalue weighted by atomic mass is 16.5. The Bertz CT molecular complexity index is 484. The van der Waals surface area contributed by atoms with E-state index in [-0.39, 0.29) is 30.8 Å². The van der Waals surface area contributed by atoms with Crippen molar-refractivity contribution in [2.45, 2.75) is 38.5 Å². The summed E-state index contributed by atoms with van der Waals surface area (Å²) in [6.45, 7) is 5.74. The normalized spacial score (nSPS) is 23.1. The molecule has 1 fully saturated rings. The first-order valence-corrected chi connectivity index (χ1v) is 8.30. The number of morpholine rings is 1. The van der Waals surface area contributed by atoms with Gasteiger partial charge in [0.2, 0.25) is 5.91 Å². The molecule has 0 spiro atoms. The van der Waals surface area contributed by atoms with Gasteiger partial charge in [-0.3, -0.25) is 9.69 Å². The minimum atomic E-state index is 0.0426. The quantitative estimate of drug-likeness (QED) is 0.866. The number of amides is 1. The third kappa shape index (κ3) is 5.03. The maximum absolute atomic E-state index is 12.6. The molecular weight excluding hydrogens is 292 g/mol. The van der Waals surface area contributed by atoms with Crippen LogP contribution in [0.25, 0.3) is 0 Å². The maximum atomic E-state index is 12.6. The number of rotatable bonds is 6. The Balaban J connectivity index is 2.00. The molecule has 128 valence electrons. The van der Waals surface area contributed by atoms with Crippen LogP contribution in [0.4, 0.5) is 0 Å². The molecule has 0 unspecified atom stereocenters. The SMILES string of the molecule is C[C@@H]1CN(C(=O)CN(C)[C@H](CCO)c2ccccc2)C[C@H](C)O1. The fourth-order valence-corrected chi connectivity index (χ4v) is 3.24. The van der Waals surface area contributed by atoms with Crippen LogP contribution in [0.5, 0.6) is 0 Å². The first-order valence-electron chi connectivity index (χ1n) is 8.30. The van der Waals surface area contributed by atoms with E-state index < -0.39 is 0 Å². The van der Waals surface area contributed by atoms with Crippen molar-refractivity contribution in [3.05, 3.63) is 35.9 Å². The van der Waals surface area contributed by atoms with Gasteiger partial charge in [-0.15, -0.1) is 0 Å². The fourth-order valence-electron chi connectivity index (χ4n) is 3.24. The van der Waals surface area contributed by atoms with Gasteiger partial charge in [-0.05, 0) is 32.9 Å². The Kier molecular flexibility index (Phi) is 6.57. The van der Waals surface area contributed by atoms with Crippen LogP contribution in [0.1, 0.15) is 31.9 Å². The van der Waals surface area contributed by atoms with Gasteiger partial charge in [0.05, 0.1) is 18.8 Å². The van der Waals surface area contributed by atoms with Crippen LogP contribution in [-0.4, -0.2) is 66.3 Å². The fraction of sp³-hybridized carbons (Fsp3) is 0.611. The Labute approximate surface area is 138 Å². The summed E-state index contributed by atoms with van der Waals surface area (Å²) in [6, 6.07) is 10.1. The van der Waals surface area contributed by atoms with Crippen LogP contribution in [0.3, 0.4) is 0 Å². The summed E-state index contributed by atoms with van der Waals surface area (Å²) in [5, 5.41) is 9.36. The van der Waals surface area contributed by atoms with Crippen LogP contribution >= 0.6 is 0 Å². The van der Waals surface area contributed by atoms with E-state index >= 15 is 0 Å². The summed E-state index contributed by atoms with van der Waals surface area (Å²) in [6.07, 6.45) is 0.773. The summed E-state index contributed by atoms with van der Waals surface area (Å²) in [4.78, 5) is 16.5. The molecule has 2 rings (SSSR count). The van der Waals surface area contributed by atoms with Gasteiger partial charge in [-0.1, -0.05) is 30.3 Å². The van der Waals surface area contributed by atoms with Gasteiger partial charge in [0.15, 0.2) is 0 Å². The molecule has 1 aromatic carbocycles. The van der Waals surface area contributed by atoms with Crippen LogP contribution < -0.4 is 0 Å². The number of aliphatic hydroxyl groups excluding tert-OH is 1. The lowest BCUT2D eigenvalue weighted by molar-refractivity contribution is -0.144. The highest BCUT2D eigenvalue weighted by Crippen LogP contribution is 2.23. The summed E-state index contributed by atoms with van der Waals surface area (Å²) in [7, 11) is 1.94. The third-order valence-electron chi connectivity index (χ3n) is 4.28. The molecule has 1 N–H and O–H groups in total. The number of nitrogens with zero attached hydrogens (tertiary/aromatic N) is 2. The van der Waals surface area contributed by atoms with Gasteiger partial charge in [0, 0.05) is 25.7 Å². The van der Waals surface area contributed by atoms with Gasteiger partial charge in [0.25, 0.3) is 0 Å². The van der Waals surface area contributed by atoms with Crippen LogP contribution in [0.15, 0.2) is 30.3 Å². The summed E-state index contributed by atoms with van der Waals surface area (Å²) < 4.78 is 5.69. The molecule has 5 heteroatoms. The van der Waals surface area contributed by atoms with Crippen molar-refractivity contribution in [1.82, 2.24) is 9.80 Å². The zero-order valence-electron chi connectivity index (χ0n) is 14.3. The smallest absolute Gasteiger partial charge is 0.236 e. The molecule has 23 heavy (non-hydrogen) atoms. The second-order valence-electron chi connectivity index (χ2n) is 6.41. The van der Waals surface area contributed by atoms with Gasteiger partial charge in [0.1, 0.15) is 0 Å². The number of benzene rings is 1. The molecule has 0 bridgehead atoms. The molecule has 1 aliphatic heterocycles. The summed E-state index contributed by atoms with van der Waals surface area (Å²) >= 11 is 0. The Morgan fingerprint density at radius 3 is 2.48 bits per heavy atom. The van der Waals surface area contributed by atoms with E-state index in [0.29, 0.717) is 26.1 Å². The van der Waals surface area contributed by atoms with Crippen LogP contribution in [0, 0.1) is 0 Å². The average molecular weight is 320 g/mol. The number of likely N-dealkylation sites (N-methyl/N-ethyl adjacent to an activating group) is 1. The zero-order chi connectivity index (χ0) is 16.8. The second kappa shape index (κ2) is 8.43. The Morgan fingerprint density at radius 1 is 1.30 bits per heavy atom. The topological polar surface area (TPSA) is 53.0 Å². The van der Waals surface area contributed by atoms with Gasteiger partial charge in [-0.25, -0.2) is 0 Å². The van der Waals surface area contributed by atoms with Crippen LogP contribution in [-0.2, 0) is 9.53 Å². The molecule has 0 saturated carbocycles. The first kappa shape index (κ1) is 17.9. The number of hydrogen-bond acceptors (Lipinski definition) is 4. The largest absolute Gasteiger partial charge is 0.396 e. The van der Waals surface area contributed by atoms with E-state index in [1.54, 1.807) is 0 Å². The predicted octanol–water partition coefficient (Wildman–Crippen LogP) is 1.68.